The molecule has 0 fully saturated rings. The van der Waals surface area contributed by atoms with Crippen molar-refractivity contribution in [3.8, 4) is 0 Å². The van der Waals surface area contributed by atoms with Crippen LogP contribution >= 0.6 is 23.2 Å². The summed E-state index contributed by atoms with van der Waals surface area (Å²) in [5.74, 6) is 0. The Morgan fingerprint density at radius 2 is 2.00 bits per heavy atom. The van der Waals surface area contributed by atoms with Crippen molar-refractivity contribution in [3.63, 3.8) is 0 Å². The summed E-state index contributed by atoms with van der Waals surface area (Å²) in [5, 5.41) is 12.0. The fraction of sp³-hybridized carbons (Fsp3) is 0. The third-order valence-electron chi connectivity index (χ3n) is 1.15. The molecule has 0 spiro atoms. The van der Waals surface area contributed by atoms with E-state index in [9.17, 15) is 0 Å². The predicted molar refractivity (Wildman–Crippen MR) is 45.8 cm³/mol. The molecule has 0 unspecified atom stereocenters. The topological polar surface area (TPSA) is 32.6 Å². The molecule has 0 amide bonds. The van der Waals surface area contributed by atoms with Crippen molar-refractivity contribution in [2.75, 3.05) is 0 Å². The summed E-state index contributed by atoms with van der Waals surface area (Å²) in [6, 6.07) is 4.96. The zero-order chi connectivity index (χ0) is 8.27. The molecule has 2 nitrogen and oxygen atoms in total. The molecule has 1 N–H and O–H groups in total. The van der Waals surface area contributed by atoms with Crippen molar-refractivity contribution < 1.29 is 5.21 Å². The molecule has 1 aromatic carbocycles. The van der Waals surface area contributed by atoms with E-state index in [1.165, 1.54) is 6.21 Å². The van der Waals surface area contributed by atoms with Gasteiger partial charge in [-0.15, -0.1) is 0 Å². The number of oxime groups is 1. The molecular formula is C7H5Cl2NO. The Labute approximate surface area is 74.0 Å². The van der Waals surface area contributed by atoms with Crippen LogP contribution in [-0.2, 0) is 0 Å². The van der Waals surface area contributed by atoms with Crippen LogP contribution in [0, 0.1) is 0 Å². The lowest BCUT2D eigenvalue weighted by Crippen LogP contribution is -1.80. The molecule has 0 atom stereocenters. The van der Waals surface area contributed by atoms with Gasteiger partial charge in [-0.1, -0.05) is 34.4 Å². The minimum absolute atomic E-state index is 0.448. The van der Waals surface area contributed by atoms with Crippen LogP contribution in [0.25, 0.3) is 0 Å². The Morgan fingerprint density at radius 3 is 2.55 bits per heavy atom. The van der Waals surface area contributed by atoms with Crippen LogP contribution in [0.2, 0.25) is 10.0 Å². The lowest BCUT2D eigenvalue weighted by atomic mass is 10.2. The Bertz CT molecular complexity index is 286. The van der Waals surface area contributed by atoms with Crippen molar-refractivity contribution >= 4 is 29.4 Å². The Hall–Kier alpha value is -0.730. The third-order valence-corrected chi connectivity index (χ3v) is 1.89. The van der Waals surface area contributed by atoms with Crippen LogP contribution in [0.15, 0.2) is 23.4 Å². The first-order valence-electron chi connectivity index (χ1n) is 2.86. The summed E-state index contributed by atoms with van der Waals surface area (Å²) >= 11 is 11.3. The van der Waals surface area contributed by atoms with E-state index in [1.807, 2.05) is 0 Å². The van der Waals surface area contributed by atoms with Crippen LogP contribution in [0.3, 0.4) is 0 Å². The molecule has 0 aliphatic rings. The quantitative estimate of drug-likeness (QED) is 0.412. The van der Waals surface area contributed by atoms with Crippen LogP contribution in [0.1, 0.15) is 5.56 Å². The van der Waals surface area contributed by atoms with E-state index in [1.54, 1.807) is 18.2 Å². The molecule has 0 bridgehead atoms. The molecule has 0 saturated carbocycles. The average Bonchev–Trinajstić information content (AvgIpc) is 1.98. The summed E-state index contributed by atoms with van der Waals surface area (Å²) < 4.78 is 0. The Morgan fingerprint density at radius 1 is 1.27 bits per heavy atom. The number of nitrogens with zero attached hydrogens (tertiary/aromatic N) is 1. The van der Waals surface area contributed by atoms with E-state index >= 15 is 0 Å². The number of benzene rings is 1. The van der Waals surface area contributed by atoms with E-state index in [0.29, 0.717) is 15.6 Å². The van der Waals surface area contributed by atoms with Gasteiger partial charge in [0.1, 0.15) is 0 Å². The minimum atomic E-state index is 0.448. The zero-order valence-electron chi connectivity index (χ0n) is 5.46. The lowest BCUT2D eigenvalue weighted by molar-refractivity contribution is 0.322. The standard InChI is InChI=1S/C7H5Cl2NO/c8-6-2-1-5(4-10-11)3-7(6)9/h1-4,11H/b10-4+. The molecule has 0 radical (unpaired) electrons. The molecule has 0 heterocycles. The van der Waals surface area contributed by atoms with Gasteiger partial charge >= 0.3 is 0 Å². The fourth-order valence-electron chi connectivity index (χ4n) is 0.659. The molecule has 0 aliphatic heterocycles. The molecule has 0 aliphatic carbocycles. The molecule has 0 aromatic heterocycles. The number of rotatable bonds is 1. The highest BCUT2D eigenvalue weighted by Gasteiger charge is 1.96. The fourth-order valence-corrected chi connectivity index (χ4v) is 0.966. The molecule has 58 valence electrons. The predicted octanol–water partition coefficient (Wildman–Crippen LogP) is 2.80. The molecular weight excluding hydrogens is 185 g/mol. The SMILES string of the molecule is O/N=C/c1ccc(Cl)c(Cl)c1. The number of halogens is 2. The van der Waals surface area contributed by atoms with Crippen molar-refractivity contribution in [2.24, 2.45) is 5.16 Å². The van der Waals surface area contributed by atoms with Gasteiger partial charge in [-0.25, -0.2) is 0 Å². The van der Waals surface area contributed by atoms with Gasteiger partial charge in [0, 0.05) is 0 Å². The van der Waals surface area contributed by atoms with Crippen molar-refractivity contribution in [1.82, 2.24) is 0 Å². The summed E-state index contributed by atoms with van der Waals surface area (Å²) in [6.45, 7) is 0. The van der Waals surface area contributed by atoms with Crippen molar-refractivity contribution in [1.29, 1.82) is 0 Å². The number of hydrogen-bond acceptors (Lipinski definition) is 2. The highest BCUT2D eigenvalue weighted by atomic mass is 35.5. The van der Waals surface area contributed by atoms with E-state index in [4.69, 9.17) is 28.4 Å². The third kappa shape index (κ3) is 2.10. The van der Waals surface area contributed by atoms with Crippen LogP contribution in [-0.4, -0.2) is 11.4 Å². The van der Waals surface area contributed by atoms with E-state index in [2.05, 4.69) is 5.16 Å². The molecule has 0 saturated heterocycles. The molecule has 4 heteroatoms. The van der Waals surface area contributed by atoms with Gasteiger partial charge in [0.2, 0.25) is 0 Å². The zero-order valence-corrected chi connectivity index (χ0v) is 6.97. The van der Waals surface area contributed by atoms with Gasteiger partial charge in [-0.05, 0) is 17.7 Å². The van der Waals surface area contributed by atoms with Crippen LogP contribution < -0.4 is 0 Å². The highest BCUT2D eigenvalue weighted by molar-refractivity contribution is 6.42. The summed E-state index contributed by atoms with van der Waals surface area (Å²) in [4.78, 5) is 0. The summed E-state index contributed by atoms with van der Waals surface area (Å²) in [7, 11) is 0. The van der Waals surface area contributed by atoms with Crippen LogP contribution in [0.5, 0.6) is 0 Å². The monoisotopic (exact) mass is 189 g/mol. The van der Waals surface area contributed by atoms with Gasteiger partial charge < -0.3 is 5.21 Å². The van der Waals surface area contributed by atoms with E-state index in [0.717, 1.165) is 0 Å². The van der Waals surface area contributed by atoms with E-state index in [-0.39, 0.29) is 0 Å². The van der Waals surface area contributed by atoms with Crippen molar-refractivity contribution in [2.45, 2.75) is 0 Å². The second-order valence-corrected chi connectivity index (χ2v) is 2.73. The summed E-state index contributed by atoms with van der Waals surface area (Å²) in [6.07, 6.45) is 1.28. The average molecular weight is 190 g/mol. The molecule has 1 rings (SSSR count). The normalized spacial score (nSPS) is 10.7. The first-order chi connectivity index (χ1) is 5.24. The van der Waals surface area contributed by atoms with Gasteiger partial charge in [-0.3, -0.25) is 0 Å². The molecule has 1 aromatic rings. The van der Waals surface area contributed by atoms with Gasteiger partial charge in [0.05, 0.1) is 16.3 Å². The summed E-state index contributed by atoms with van der Waals surface area (Å²) in [5.41, 5.74) is 0.710. The second kappa shape index (κ2) is 3.60. The second-order valence-electron chi connectivity index (χ2n) is 1.92. The van der Waals surface area contributed by atoms with Gasteiger partial charge in [0.15, 0.2) is 0 Å². The van der Waals surface area contributed by atoms with Gasteiger partial charge in [-0.2, -0.15) is 0 Å². The lowest BCUT2D eigenvalue weighted by Gasteiger charge is -1.95. The van der Waals surface area contributed by atoms with Gasteiger partial charge in [0.25, 0.3) is 0 Å². The van der Waals surface area contributed by atoms with E-state index < -0.39 is 0 Å². The van der Waals surface area contributed by atoms with Crippen molar-refractivity contribution in [3.05, 3.63) is 33.8 Å². The first-order valence-corrected chi connectivity index (χ1v) is 3.62. The Balaban J connectivity index is 3.05. The highest BCUT2D eigenvalue weighted by Crippen LogP contribution is 2.21. The first kappa shape index (κ1) is 8.37. The molecule has 11 heavy (non-hydrogen) atoms. The van der Waals surface area contributed by atoms with Crippen LogP contribution in [0.4, 0.5) is 0 Å². The maximum atomic E-state index is 8.17. The Kier molecular flexibility index (Phi) is 2.74. The minimum Gasteiger partial charge on any atom is -0.411 e. The maximum Gasteiger partial charge on any atom is 0.0734 e. The number of hydrogen-bond donors (Lipinski definition) is 1. The smallest absolute Gasteiger partial charge is 0.0734 e. The maximum absolute atomic E-state index is 8.17. The largest absolute Gasteiger partial charge is 0.411 e.